The average Bonchev–Trinajstić information content (AvgIpc) is 2.42. The van der Waals surface area contributed by atoms with Gasteiger partial charge in [-0.2, -0.15) is 0 Å². The summed E-state index contributed by atoms with van der Waals surface area (Å²) in [6.45, 7) is 3.12. The molecule has 0 N–H and O–H groups in total. The van der Waals surface area contributed by atoms with Crippen LogP contribution in [0, 0.1) is 0 Å². The maximum atomic E-state index is 12.3. The van der Waals surface area contributed by atoms with Gasteiger partial charge >= 0.3 is 5.97 Å². The molecule has 0 aromatic heterocycles. The number of ether oxygens (including phenoxy) is 1. The smallest absolute Gasteiger partial charge is 0.307 e. The molecule has 0 aromatic rings. The van der Waals surface area contributed by atoms with Crippen LogP contribution in [0.1, 0.15) is 32.6 Å². The Morgan fingerprint density at radius 3 is 2.89 bits per heavy atom. The third-order valence-corrected chi connectivity index (χ3v) is 3.64. The Labute approximate surface area is 112 Å². The molecule has 2 fully saturated rings. The molecule has 2 rings (SSSR count). The minimum Gasteiger partial charge on any atom is -0.466 e. The second-order valence-electron chi connectivity index (χ2n) is 4.91. The first-order valence-corrected chi connectivity index (χ1v) is 6.87. The van der Waals surface area contributed by atoms with Crippen LogP contribution in [0.3, 0.4) is 0 Å². The normalized spacial score (nSPS) is 23.3. The molecule has 0 aliphatic carbocycles. The molecule has 0 radical (unpaired) electrons. The number of nitrogens with zero attached hydrogens (tertiary/aromatic N) is 2. The van der Waals surface area contributed by atoms with E-state index in [0.717, 1.165) is 19.3 Å². The van der Waals surface area contributed by atoms with Crippen molar-refractivity contribution in [2.24, 2.45) is 0 Å². The lowest BCUT2D eigenvalue weighted by Gasteiger charge is -2.42. The van der Waals surface area contributed by atoms with Crippen molar-refractivity contribution in [1.82, 2.24) is 9.80 Å². The molecule has 2 aliphatic rings. The predicted octanol–water partition coefficient (Wildman–Crippen LogP) is 0.163. The van der Waals surface area contributed by atoms with E-state index in [-0.39, 0.29) is 43.3 Å². The Morgan fingerprint density at radius 2 is 2.16 bits per heavy atom. The first-order chi connectivity index (χ1) is 9.13. The molecule has 106 valence electrons. The van der Waals surface area contributed by atoms with Crippen molar-refractivity contribution in [1.29, 1.82) is 0 Å². The van der Waals surface area contributed by atoms with Crippen LogP contribution < -0.4 is 0 Å². The molecule has 0 aromatic carbocycles. The third kappa shape index (κ3) is 3.05. The van der Waals surface area contributed by atoms with Crippen LogP contribution in [-0.2, 0) is 19.1 Å². The van der Waals surface area contributed by atoms with Crippen molar-refractivity contribution >= 4 is 17.8 Å². The summed E-state index contributed by atoms with van der Waals surface area (Å²) >= 11 is 0. The van der Waals surface area contributed by atoms with E-state index in [1.165, 1.54) is 4.90 Å². The summed E-state index contributed by atoms with van der Waals surface area (Å²) in [5, 5.41) is 0. The number of fused-ring (bicyclic) bond motifs is 1. The summed E-state index contributed by atoms with van der Waals surface area (Å²) in [4.78, 5) is 38.7. The van der Waals surface area contributed by atoms with Gasteiger partial charge in [-0.1, -0.05) is 0 Å². The zero-order chi connectivity index (χ0) is 13.8. The number of hydrogen-bond acceptors (Lipinski definition) is 4. The molecule has 2 aliphatic heterocycles. The highest BCUT2D eigenvalue weighted by atomic mass is 16.5. The zero-order valence-electron chi connectivity index (χ0n) is 11.3. The van der Waals surface area contributed by atoms with Crippen molar-refractivity contribution in [3.63, 3.8) is 0 Å². The summed E-state index contributed by atoms with van der Waals surface area (Å²) in [7, 11) is 0. The first-order valence-electron chi connectivity index (χ1n) is 6.87. The van der Waals surface area contributed by atoms with Crippen molar-refractivity contribution < 1.29 is 19.1 Å². The Kier molecular flexibility index (Phi) is 4.39. The number of rotatable bonds is 4. The number of piperazine rings is 1. The fourth-order valence-electron chi connectivity index (χ4n) is 2.68. The Hall–Kier alpha value is -1.59. The van der Waals surface area contributed by atoms with Gasteiger partial charge in [0.25, 0.3) is 0 Å². The van der Waals surface area contributed by atoms with Gasteiger partial charge in [0.15, 0.2) is 0 Å². The molecule has 1 unspecified atom stereocenters. The van der Waals surface area contributed by atoms with Gasteiger partial charge < -0.3 is 14.5 Å². The van der Waals surface area contributed by atoms with E-state index in [2.05, 4.69) is 0 Å². The quantitative estimate of drug-likeness (QED) is 0.681. The largest absolute Gasteiger partial charge is 0.466 e. The van der Waals surface area contributed by atoms with Crippen molar-refractivity contribution in [2.75, 3.05) is 26.2 Å². The summed E-state index contributed by atoms with van der Waals surface area (Å²) in [6.07, 6.45) is 2.84. The van der Waals surface area contributed by atoms with Crippen molar-refractivity contribution in [3.05, 3.63) is 0 Å². The van der Waals surface area contributed by atoms with Gasteiger partial charge in [-0.05, 0) is 26.2 Å². The molecule has 2 amide bonds. The summed E-state index contributed by atoms with van der Waals surface area (Å²) in [6, 6.07) is -0.308. The Morgan fingerprint density at radius 1 is 1.37 bits per heavy atom. The maximum Gasteiger partial charge on any atom is 0.307 e. The summed E-state index contributed by atoms with van der Waals surface area (Å²) in [5.74, 6) is -0.356. The van der Waals surface area contributed by atoms with Crippen LogP contribution in [-0.4, -0.2) is 59.9 Å². The van der Waals surface area contributed by atoms with Gasteiger partial charge in [-0.25, -0.2) is 0 Å². The second kappa shape index (κ2) is 6.04. The lowest BCUT2D eigenvalue weighted by Crippen LogP contribution is -2.61. The molecule has 6 heteroatoms. The van der Waals surface area contributed by atoms with E-state index in [0.29, 0.717) is 13.2 Å². The highest BCUT2D eigenvalue weighted by Crippen LogP contribution is 2.23. The van der Waals surface area contributed by atoms with Crippen molar-refractivity contribution in [2.45, 2.75) is 38.6 Å². The van der Waals surface area contributed by atoms with Gasteiger partial charge in [0.1, 0.15) is 6.04 Å². The van der Waals surface area contributed by atoms with Crippen molar-refractivity contribution in [3.8, 4) is 0 Å². The number of carbonyl (C=O) groups excluding carboxylic acids is 3. The molecule has 0 spiro atoms. The van der Waals surface area contributed by atoms with Gasteiger partial charge in [0.2, 0.25) is 11.8 Å². The summed E-state index contributed by atoms with van der Waals surface area (Å²) in [5.41, 5.74) is 0. The number of esters is 1. The fraction of sp³-hybridized carbons (Fsp3) is 0.769. The standard InChI is InChI=1S/C13H20N2O4/c1-2-19-12(17)6-8-14-9-11(16)15-7-4-3-5-10(15)13(14)18/h10H,2-9H2,1H3. The first kappa shape index (κ1) is 13.8. The van der Waals surface area contributed by atoms with Crippen LogP contribution in [0.5, 0.6) is 0 Å². The lowest BCUT2D eigenvalue weighted by molar-refractivity contribution is -0.158. The molecular weight excluding hydrogens is 248 g/mol. The molecule has 6 nitrogen and oxygen atoms in total. The topological polar surface area (TPSA) is 66.9 Å². The fourth-order valence-corrected chi connectivity index (χ4v) is 2.68. The minimum atomic E-state index is -0.325. The molecule has 2 heterocycles. The van der Waals surface area contributed by atoms with Gasteiger partial charge in [0.05, 0.1) is 19.6 Å². The van der Waals surface area contributed by atoms with Crippen LogP contribution >= 0.6 is 0 Å². The number of piperidine rings is 1. The van der Waals surface area contributed by atoms with Gasteiger partial charge in [-0.15, -0.1) is 0 Å². The number of hydrogen-bond donors (Lipinski definition) is 0. The molecule has 1 atom stereocenters. The molecule has 0 bridgehead atoms. The van der Waals surface area contributed by atoms with E-state index in [1.807, 2.05) is 0 Å². The highest BCUT2D eigenvalue weighted by molar-refractivity contribution is 5.95. The highest BCUT2D eigenvalue weighted by Gasteiger charge is 2.40. The maximum absolute atomic E-state index is 12.3. The molecule has 0 saturated carbocycles. The second-order valence-corrected chi connectivity index (χ2v) is 4.91. The number of amides is 2. The van der Waals surface area contributed by atoms with E-state index < -0.39 is 0 Å². The average molecular weight is 268 g/mol. The lowest BCUT2D eigenvalue weighted by atomic mass is 9.98. The SMILES string of the molecule is CCOC(=O)CCN1CC(=O)N2CCCCC2C1=O. The Balaban J connectivity index is 1.93. The number of carbonyl (C=O) groups is 3. The zero-order valence-corrected chi connectivity index (χ0v) is 11.3. The molecule has 2 saturated heterocycles. The monoisotopic (exact) mass is 268 g/mol. The Bertz CT molecular complexity index is 383. The molecular formula is C13H20N2O4. The minimum absolute atomic E-state index is 0.00633. The van der Waals surface area contributed by atoms with Crippen LogP contribution in [0.25, 0.3) is 0 Å². The van der Waals surface area contributed by atoms with Gasteiger partial charge in [-0.3, -0.25) is 14.4 Å². The van der Waals surface area contributed by atoms with Crippen LogP contribution in [0.4, 0.5) is 0 Å². The van der Waals surface area contributed by atoms with E-state index in [4.69, 9.17) is 4.74 Å². The van der Waals surface area contributed by atoms with Gasteiger partial charge in [0, 0.05) is 13.1 Å². The van der Waals surface area contributed by atoms with E-state index >= 15 is 0 Å². The van der Waals surface area contributed by atoms with Crippen LogP contribution in [0.2, 0.25) is 0 Å². The van der Waals surface area contributed by atoms with E-state index in [1.54, 1.807) is 11.8 Å². The summed E-state index contributed by atoms with van der Waals surface area (Å²) < 4.78 is 4.83. The predicted molar refractivity (Wildman–Crippen MR) is 67.2 cm³/mol. The van der Waals surface area contributed by atoms with E-state index in [9.17, 15) is 14.4 Å². The third-order valence-electron chi connectivity index (χ3n) is 3.64. The van der Waals surface area contributed by atoms with Crippen LogP contribution in [0.15, 0.2) is 0 Å². The molecule has 19 heavy (non-hydrogen) atoms.